The van der Waals surface area contributed by atoms with E-state index in [1.807, 2.05) is 60.7 Å². The van der Waals surface area contributed by atoms with Gasteiger partial charge in [0, 0.05) is 16.4 Å². The Morgan fingerprint density at radius 3 is 2.27 bits per heavy atom. The Balaban J connectivity index is 1.42. The third kappa shape index (κ3) is 7.86. The van der Waals surface area contributed by atoms with Crippen molar-refractivity contribution < 1.29 is 29.2 Å². The van der Waals surface area contributed by atoms with Crippen LogP contribution in [0.3, 0.4) is 0 Å². The van der Waals surface area contributed by atoms with Gasteiger partial charge in [0.05, 0.1) is 36.9 Å². The Labute approximate surface area is 231 Å². The van der Waals surface area contributed by atoms with E-state index in [2.05, 4.69) is 20.1 Å². The van der Waals surface area contributed by atoms with Crippen LogP contribution in [-0.2, 0) is 27.4 Å². The van der Waals surface area contributed by atoms with Crippen molar-refractivity contribution in [2.45, 2.75) is 81.6 Å². The fourth-order valence-electron chi connectivity index (χ4n) is 5.04. The van der Waals surface area contributed by atoms with Gasteiger partial charge in [0.1, 0.15) is 12.7 Å². The number of carbonyl (C=O) groups excluding carboxylic acids is 1. The van der Waals surface area contributed by atoms with Gasteiger partial charge in [-0.3, -0.25) is 0 Å². The molecule has 1 saturated heterocycles. The minimum Gasteiger partial charge on any atom is -0.445 e. The number of azide groups is 2. The fourth-order valence-corrected chi connectivity index (χ4v) is 5.04. The Kier molecular flexibility index (Phi) is 10.6. The van der Waals surface area contributed by atoms with Crippen LogP contribution in [0.5, 0.6) is 0 Å². The molecule has 0 bridgehead atoms. The molecule has 1 amide bonds. The molecule has 13 nitrogen and oxygen atoms in total. The average Bonchev–Trinajstić information content (AvgIpc) is 2.98. The standard InChI is InChI=1S/C27H33N7O6/c28-32-30-21-14-22(31-33-29)26(25(36)24(21)35)40-23-13-7-12-20(39-23)16-34(15-18-8-3-1-4-9-18)27(37)38-17-19-10-5-2-6-11-19/h1-6,8-11,20-26,35-36H,7,12-17H2/t20-,21+,22-,23+,24-,25+,26+/m0/s1. The van der Waals surface area contributed by atoms with Crippen molar-refractivity contribution in [2.24, 2.45) is 10.2 Å². The first kappa shape index (κ1) is 29.2. The molecule has 212 valence electrons. The van der Waals surface area contributed by atoms with E-state index >= 15 is 0 Å². The monoisotopic (exact) mass is 551 g/mol. The lowest BCUT2D eigenvalue weighted by atomic mass is 9.84. The van der Waals surface area contributed by atoms with Gasteiger partial charge in [0.25, 0.3) is 0 Å². The summed E-state index contributed by atoms with van der Waals surface area (Å²) in [6.07, 6.45) is -3.59. The minimum atomic E-state index is -1.45. The van der Waals surface area contributed by atoms with E-state index in [1.54, 1.807) is 4.90 Å². The molecule has 1 heterocycles. The van der Waals surface area contributed by atoms with Crippen LogP contribution in [0.25, 0.3) is 20.9 Å². The normalized spacial score (nSPS) is 28.0. The van der Waals surface area contributed by atoms with Crippen molar-refractivity contribution >= 4 is 6.09 Å². The third-order valence-electron chi connectivity index (χ3n) is 7.07. The Bertz CT molecular complexity index is 1190. The Morgan fingerprint density at radius 2 is 1.60 bits per heavy atom. The second-order valence-electron chi connectivity index (χ2n) is 9.89. The van der Waals surface area contributed by atoms with E-state index in [-0.39, 0.29) is 25.7 Å². The molecule has 0 radical (unpaired) electrons. The third-order valence-corrected chi connectivity index (χ3v) is 7.07. The van der Waals surface area contributed by atoms with Gasteiger partial charge >= 0.3 is 6.09 Å². The fraction of sp³-hybridized carbons (Fsp3) is 0.519. The van der Waals surface area contributed by atoms with E-state index in [4.69, 9.17) is 25.3 Å². The Morgan fingerprint density at radius 1 is 0.950 bits per heavy atom. The van der Waals surface area contributed by atoms with Crippen LogP contribution in [0, 0.1) is 0 Å². The largest absolute Gasteiger partial charge is 0.445 e. The zero-order valence-electron chi connectivity index (χ0n) is 21.9. The molecule has 2 aromatic carbocycles. The van der Waals surface area contributed by atoms with Gasteiger partial charge in [-0.05, 0) is 47.9 Å². The summed E-state index contributed by atoms with van der Waals surface area (Å²) in [6.45, 7) is 0.714. The highest BCUT2D eigenvalue weighted by atomic mass is 16.7. The van der Waals surface area contributed by atoms with E-state index in [0.717, 1.165) is 17.5 Å². The summed E-state index contributed by atoms with van der Waals surface area (Å²) in [7, 11) is 0. The van der Waals surface area contributed by atoms with Crippen molar-refractivity contribution in [3.63, 3.8) is 0 Å². The van der Waals surface area contributed by atoms with Crippen LogP contribution in [0.2, 0.25) is 0 Å². The summed E-state index contributed by atoms with van der Waals surface area (Å²) in [5, 5.41) is 28.3. The first-order valence-electron chi connectivity index (χ1n) is 13.2. The number of benzene rings is 2. The van der Waals surface area contributed by atoms with Gasteiger partial charge in [-0.2, -0.15) is 0 Å². The predicted octanol–water partition coefficient (Wildman–Crippen LogP) is 4.59. The van der Waals surface area contributed by atoms with Gasteiger partial charge in [-0.25, -0.2) is 4.79 Å². The second kappa shape index (κ2) is 14.5. The van der Waals surface area contributed by atoms with Crippen molar-refractivity contribution in [3.8, 4) is 0 Å². The number of rotatable bonds is 10. The lowest BCUT2D eigenvalue weighted by Gasteiger charge is -2.42. The number of aliphatic hydroxyl groups is 2. The maximum atomic E-state index is 13.1. The summed E-state index contributed by atoms with van der Waals surface area (Å²) in [5.41, 5.74) is 19.6. The summed E-state index contributed by atoms with van der Waals surface area (Å²) in [6, 6.07) is 17.2. The number of amides is 1. The molecule has 7 atom stereocenters. The van der Waals surface area contributed by atoms with Crippen LogP contribution in [0.4, 0.5) is 4.79 Å². The molecule has 0 spiro atoms. The highest BCUT2D eigenvalue weighted by Gasteiger charge is 2.45. The number of ether oxygens (including phenoxy) is 3. The van der Waals surface area contributed by atoms with Crippen molar-refractivity contribution in [3.05, 3.63) is 92.7 Å². The van der Waals surface area contributed by atoms with E-state index in [9.17, 15) is 15.0 Å². The molecule has 1 saturated carbocycles. The molecule has 1 aliphatic heterocycles. The van der Waals surface area contributed by atoms with Gasteiger partial charge in [0.15, 0.2) is 6.29 Å². The molecule has 1 aliphatic carbocycles. The highest BCUT2D eigenvalue weighted by Crippen LogP contribution is 2.31. The molecule has 13 heteroatoms. The van der Waals surface area contributed by atoms with Crippen molar-refractivity contribution in [1.82, 2.24) is 4.90 Å². The first-order valence-corrected chi connectivity index (χ1v) is 13.2. The number of nitrogens with zero attached hydrogens (tertiary/aromatic N) is 7. The summed E-state index contributed by atoms with van der Waals surface area (Å²) in [4.78, 5) is 20.3. The molecular weight excluding hydrogens is 518 g/mol. The molecular formula is C27H33N7O6. The number of hydrogen-bond donors (Lipinski definition) is 2. The summed E-state index contributed by atoms with van der Waals surface area (Å²) < 4.78 is 17.8. The summed E-state index contributed by atoms with van der Waals surface area (Å²) >= 11 is 0. The van der Waals surface area contributed by atoms with Gasteiger partial charge < -0.3 is 29.3 Å². The number of hydrogen-bond acceptors (Lipinski definition) is 8. The zero-order valence-corrected chi connectivity index (χ0v) is 21.9. The average molecular weight is 552 g/mol. The second-order valence-corrected chi connectivity index (χ2v) is 9.89. The van der Waals surface area contributed by atoms with E-state index in [1.165, 1.54) is 0 Å². The van der Waals surface area contributed by atoms with Crippen LogP contribution in [0.1, 0.15) is 36.8 Å². The van der Waals surface area contributed by atoms with Crippen LogP contribution in [-0.4, -0.2) is 70.5 Å². The zero-order chi connectivity index (χ0) is 28.3. The lowest BCUT2D eigenvalue weighted by molar-refractivity contribution is -0.248. The van der Waals surface area contributed by atoms with Crippen LogP contribution in [0.15, 0.2) is 70.9 Å². The Hall–Kier alpha value is -3.83. The van der Waals surface area contributed by atoms with E-state index < -0.39 is 42.8 Å². The molecule has 2 aliphatic rings. The van der Waals surface area contributed by atoms with Crippen molar-refractivity contribution in [1.29, 1.82) is 0 Å². The maximum absolute atomic E-state index is 13.1. The van der Waals surface area contributed by atoms with Gasteiger partial charge in [0.2, 0.25) is 0 Å². The molecule has 40 heavy (non-hydrogen) atoms. The topological polar surface area (TPSA) is 186 Å². The predicted molar refractivity (Wildman–Crippen MR) is 143 cm³/mol. The SMILES string of the molecule is [N-]=[N+]=N[C@H]1C[C@@H](N=[N+]=[N-])[C@H](O)[C@@H](O)[C@@H]1O[C@@H]1CCC[C@@H](CN(Cc2ccccc2)C(=O)OCc2ccccc2)O1. The first-order chi connectivity index (χ1) is 19.5. The molecule has 4 rings (SSSR count). The number of aliphatic hydroxyl groups excluding tert-OH is 2. The highest BCUT2D eigenvalue weighted by molar-refractivity contribution is 5.67. The molecule has 2 fully saturated rings. The van der Waals surface area contributed by atoms with Gasteiger partial charge in [-0.15, -0.1) is 0 Å². The molecule has 0 unspecified atom stereocenters. The smallest absolute Gasteiger partial charge is 0.410 e. The molecule has 2 N–H and O–H groups in total. The lowest BCUT2D eigenvalue weighted by Crippen LogP contribution is -2.57. The van der Waals surface area contributed by atoms with Crippen LogP contribution >= 0.6 is 0 Å². The minimum absolute atomic E-state index is 0.0191. The molecule has 2 aromatic rings. The quantitative estimate of drug-likeness (QED) is 0.247. The van der Waals surface area contributed by atoms with Crippen molar-refractivity contribution in [2.75, 3.05) is 6.54 Å². The van der Waals surface area contributed by atoms with Crippen LogP contribution < -0.4 is 0 Å². The summed E-state index contributed by atoms with van der Waals surface area (Å²) in [5.74, 6) is 0. The van der Waals surface area contributed by atoms with Gasteiger partial charge in [-0.1, -0.05) is 70.9 Å². The number of carbonyl (C=O) groups is 1. The van der Waals surface area contributed by atoms with E-state index in [0.29, 0.717) is 19.4 Å². The maximum Gasteiger partial charge on any atom is 0.410 e. The molecule has 0 aromatic heterocycles.